The van der Waals surface area contributed by atoms with Crippen molar-refractivity contribution in [2.24, 2.45) is 5.73 Å². The Morgan fingerprint density at radius 3 is 2.32 bits per heavy atom. The van der Waals surface area contributed by atoms with E-state index in [0.29, 0.717) is 5.56 Å². The molecule has 0 bridgehead atoms. The van der Waals surface area contributed by atoms with Crippen LogP contribution in [0.1, 0.15) is 29.7 Å². The molecule has 2 N–H and O–H groups in total. The van der Waals surface area contributed by atoms with Crippen LogP contribution < -0.4 is 5.73 Å². The number of rotatable bonds is 3. The van der Waals surface area contributed by atoms with Gasteiger partial charge in [0.1, 0.15) is 5.82 Å². The third-order valence-corrected chi connectivity index (χ3v) is 4.11. The highest BCUT2D eigenvalue weighted by Gasteiger charge is 2.12. The van der Waals surface area contributed by atoms with Gasteiger partial charge in [0.15, 0.2) is 0 Å². The summed E-state index contributed by atoms with van der Waals surface area (Å²) in [7, 11) is 0. The van der Waals surface area contributed by atoms with Crippen molar-refractivity contribution in [2.45, 2.75) is 36.6 Å². The second-order valence-electron chi connectivity index (χ2n) is 4.84. The van der Waals surface area contributed by atoms with Gasteiger partial charge in [0.25, 0.3) is 0 Å². The number of benzene rings is 2. The second kappa shape index (κ2) is 5.76. The third-order valence-electron chi connectivity index (χ3n) is 3.03. The van der Waals surface area contributed by atoms with Crippen LogP contribution >= 0.6 is 11.8 Å². The standard InChI is InChI=1S/C16H18FNS/c1-10-4-6-13(7-5-10)19-16-8-11(2)15(17)9-14(16)12(3)18/h4-9,12H,18H2,1-3H3/t12-/m1/s1. The zero-order chi connectivity index (χ0) is 14.0. The molecule has 2 aromatic carbocycles. The maximum Gasteiger partial charge on any atom is 0.126 e. The molecule has 0 spiro atoms. The molecule has 0 fully saturated rings. The van der Waals surface area contributed by atoms with Crippen molar-refractivity contribution in [2.75, 3.05) is 0 Å². The van der Waals surface area contributed by atoms with Crippen LogP contribution in [-0.4, -0.2) is 0 Å². The molecule has 0 radical (unpaired) electrons. The molecule has 3 heteroatoms. The molecule has 1 atom stereocenters. The molecular weight excluding hydrogens is 257 g/mol. The number of nitrogens with two attached hydrogens (primary N) is 1. The molecule has 0 aliphatic carbocycles. The zero-order valence-corrected chi connectivity index (χ0v) is 12.2. The predicted molar refractivity (Wildman–Crippen MR) is 79.0 cm³/mol. The first-order valence-corrected chi connectivity index (χ1v) is 7.09. The largest absolute Gasteiger partial charge is 0.324 e. The molecule has 0 amide bonds. The first-order valence-electron chi connectivity index (χ1n) is 6.27. The fourth-order valence-electron chi connectivity index (χ4n) is 1.85. The maximum atomic E-state index is 13.6. The summed E-state index contributed by atoms with van der Waals surface area (Å²) in [6.07, 6.45) is 0. The summed E-state index contributed by atoms with van der Waals surface area (Å²) < 4.78 is 13.6. The highest BCUT2D eigenvalue weighted by Crippen LogP contribution is 2.34. The van der Waals surface area contributed by atoms with E-state index in [9.17, 15) is 4.39 Å². The van der Waals surface area contributed by atoms with Gasteiger partial charge in [-0.05, 0) is 56.2 Å². The maximum absolute atomic E-state index is 13.6. The number of halogens is 1. The minimum absolute atomic E-state index is 0.178. The lowest BCUT2D eigenvalue weighted by atomic mass is 10.1. The van der Waals surface area contributed by atoms with Crippen molar-refractivity contribution in [3.8, 4) is 0 Å². The Balaban J connectivity index is 2.38. The molecule has 2 rings (SSSR count). The lowest BCUT2D eigenvalue weighted by Gasteiger charge is -2.14. The van der Waals surface area contributed by atoms with Crippen LogP contribution in [-0.2, 0) is 0 Å². The van der Waals surface area contributed by atoms with Crippen molar-refractivity contribution in [1.29, 1.82) is 0 Å². The third kappa shape index (κ3) is 3.37. The molecule has 0 heterocycles. The van der Waals surface area contributed by atoms with Gasteiger partial charge in [-0.3, -0.25) is 0 Å². The fourth-order valence-corrected chi connectivity index (χ4v) is 2.97. The molecular formula is C16H18FNS. The molecule has 0 saturated heterocycles. The van der Waals surface area contributed by atoms with Gasteiger partial charge in [0, 0.05) is 15.8 Å². The van der Waals surface area contributed by atoms with E-state index < -0.39 is 0 Å². The molecule has 0 aliphatic heterocycles. The van der Waals surface area contributed by atoms with Crippen LogP contribution in [0, 0.1) is 19.7 Å². The van der Waals surface area contributed by atoms with E-state index in [1.807, 2.05) is 13.0 Å². The first kappa shape index (κ1) is 14.1. The first-order chi connectivity index (χ1) is 8.97. The van der Waals surface area contributed by atoms with Crippen molar-refractivity contribution in [3.05, 3.63) is 58.9 Å². The van der Waals surface area contributed by atoms with E-state index in [-0.39, 0.29) is 11.9 Å². The lowest BCUT2D eigenvalue weighted by molar-refractivity contribution is 0.610. The Hall–Kier alpha value is -1.32. The van der Waals surface area contributed by atoms with Gasteiger partial charge in [0.2, 0.25) is 0 Å². The zero-order valence-electron chi connectivity index (χ0n) is 11.4. The second-order valence-corrected chi connectivity index (χ2v) is 5.96. The summed E-state index contributed by atoms with van der Waals surface area (Å²) in [6.45, 7) is 5.71. The van der Waals surface area contributed by atoms with Crippen molar-refractivity contribution in [3.63, 3.8) is 0 Å². The minimum Gasteiger partial charge on any atom is -0.324 e. The van der Waals surface area contributed by atoms with Gasteiger partial charge in [0.05, 0.1) is 0 Å². The van der Waals surface area contributed by atoms with Crippen molar-refractivity contribution >= 4 is 11.8 Å². The monoisotopic (exact) mass is 275 g/mol. The molecule has 1 nitrogen and oxygen atoms in total. The van der Waals surface area contributed by atoms with E-state index in [1.165, 1.54) is 5.56 Å². The fraction of sp³-hybridized carbons (Fsp3) is 0.250. The van der Waals surface area contributed by atoms with Gasteiger partial charge >= 0.3 is 0 Å². The number of hydrogen-bond acceptors (Lipinski definition) is 2. The summed E-state index contributed by atoms with van der Waals surface area (Å²) in [6, 6.07) is 11.5. The van der Waals surface area contributed by atoms with Gasteiger partial charge in [-0.15, -0.1) is 0 Å². The predicted octanol–water partition coefficient (Wildman–Crippen LogP) is 4.61. The highest BCUT2D eigenvalue weighted by atomic mass is 32.2. The molecule has 0 aromatic heterocycles. The Morgan fingerprint density at radius 2 is 1.74 bits per heavy atom. The molecule has 0 unspecified atom stereocenters. The van der Waals surface area contributed by atoms with Gasteiger partial charge in [-0.1, -0.05) is 29.5 Å². The Labute approximate surface area is 118 Å². The van der Waals surface area contributed by atoms with Crippen LogP contribution in [0.2, 0.25) is 0 Å². The summed E-state index contributed by atoms with van der Waals surface area (Å²) >= 11 is 1.63. The van der Waals surface area contributed by atoms with E-state index in [2.05, 4.69) is 31.2 Å². The minimum atomic E-state index is -0.194. The van der Waals surface area contributed by atoms with Crippen LogP contribution in [0.3, 0.4) is 0 Å². The van der Waals surface area contributed by atoms with Crippen LogP contribution in [0.15, 0.2) is 46.2 Å². The molecule has 0 saturated carbocycles. The van der Waals surface area contributed by atoms with E-state index >= 15 is 0 Å². The van der Waals surface area contributed by atoms with Crippen LogP contribution in [0.25, 0.3) is 0 Å². The Kier molecular flexibility index (Phi) is 4.27. The Morgan fingerprint density at radius 1 is 1.11 bits per heavy atom. The highest BCUT2D eigenvalue weighted by molar-refractivity contribution is 7.99. The molecule has 19 heavy (non-hydrogen) atoms. The van der Waals surface area contributed by atoms with Crippen LogP contribution in [0.5, 0.6) is 0 Å². The van der Waals surface area contributed by atoms with Gasteiger partial charge in [-0.2, -0.15) is 0 Å². The lowest BCUT2D eigenvalue weighted by Crippen LogP contribution is -2.07. The van der Waals surface area contributed by atoms with Crippen molar-refractivity contribution < 1.29 is 4.39 Å². The smallest absolute Gasteiger partial charge is 0.126 e. The number of aryl methyl sites for hydroxylation is 2. The topological polar surface area (TPSA) is 26.0 Å². The summed E-state index contributed by atoms with van der Waals surface area (Å²) in [5.41, 5.74) is 8.67. The normalized spacial score (nSPS) is 12.5. The number of hydrogen-bond donors (Lipinski definition) is 1. The quantitative estimate of drug-likeness (QED) is 0.885. The van der Waals surface area contributed by atoms with E-state index in [4.69, 9.17) is 5.73 Å². The molecule has 0 aliphatic rings. The van der Waals surface area contributed by atoms with Gasteiger partial charge in [-0.25, -0.2) is 4.39 Å². The molecule has 100 valence electrons. The summed E-state index contributed by atoms with van der Waals surface area (Å²) in [4.78, 5) is 2.16. The average molecular weight is 275 g/mol. The Bertz CT molecular complexity index is 576. The van der Waals surface area contributed by atoms with Crippen molar-refractivity contribution in [1.82, 2.24) is 0 Å². The van der Waals surface area contributed by atoms with Crippen LogP contribution in [0.4, 0.5) is 4.39 Å². The average Bonchev–Trinajstić information content (AvgIpc) is 2.36. The SMILES string of the molecule is Cc1ccc(Sc2cc(C)c(F)cc2[C@@H](C)N)cc1. The van der Waals surface area contributed by atoms with E-state index in [1.54, 1.807) is 24.8 Å². The summed E-state index contributed by atoms with van der Waals surface area (Å²) in [5, 5.41) is 0. The molecule has 2 aromatic rings. The van der Waals surface area contributed by atoms with Gasteiger partial charge < -0.3 is 5.73 Å². The summed E-state index contributed by atoms with van der Waals surface area (Å²) in [5.74, 6) is -0.194. The van der Waals surface area contributed by atoms with E-state index in [0.717, 1.165) is 15.4 Å².